The molecular formula is C10H13NO3. The Kier molecular flexibility index (Phi) is 3.45. The SMILES string of the molecule is CCC(C(=O)O)c1ccc(OC)nc1. The van der Waals surface area contributed by atoms with Crippen LogP contribution in [0.1, 0.15) is 24.8 Å². The van der Waals surface area contributed by atoms with Gasteiger partial charge in [-0.25, -0.2) is 4.98 Å². The number of aromatic nitrogens is 1. The number of aliphatic carboxylic acids is 1. The number of hydrogen-bond acceptors (Lipinski definition) is 3. The number of nitrogens with zero attached hydrogens (tertiary/aromatic N) is 1. The van der Waals surface area contributed by atoms with Crippen LogP contribution in [-0.2, 0) is 4.79 Å². The van der Waals surface area contributed by atoms with Crippen molar-refractivity contribution in [1.29, 1.82) is 0 Å². The Balaban J connectivity index is 2.89. The van der Waals surface area contributed by atoms with Gasteiger partial charge in [0.2, 0.25) is 5.88 Å². The van der Waals surface area contributed by atoms with Crippen LogP contribution in [0.4, 0.5) is 0 Å². The molecule has 1 N–H and O–H groups in total. The first-order valence-corrected chi connectivity index (χ1v) is 4.41. The normalized spacial score (nSPS) is 12.1. The summed E-state index contributed by atoms with van der Waals surface area (Å²) < 4.78 is 4.88. The molecule has 0 spiro atoms. The molecule has 1 rings (SSSR count). The lowest BCUT2D eigenvalue weighted by Gasteiger charge is -2.09. The summed E-state index contributed by atoms with van der Waals surface area (Å²) in [4.78, 5) is 14.8. The van der Waals surface area contributed by atoms with E-state index in [0.29, 0.717) is 17.9 Å². The highest BCUT2D eigenvalue weighted by Crippen LogP contribution is 2.20. The van der Waals surface area contributed by atoms with Crippen molar-refractivity contribution >= 4 is 5.97 Å². The molecule has 1 aromatic rings. The first-order valence-electron chi connectivity index (χ1n) is 4.41. The molecule has 0 radical (unpaired) electrons. The van der Waals surface area contributed by atoms with Gasteiger partial charge in [0.1, 0.15) is 0 Å². The van der Waals surface area contributed by atoms with E-state index in [-0.39, 0.29) is 0 Å². The third kappa shape index (κ3) is 2.22. The topological polar surface area (TPSA) is 59.4 Å². The van der Waals surface area contributed by atoms with Gasteiger partial charge in [-0.1, -0.05) is 13.0 Å². The zero-order chi connectivity index (χ0) is 10.6. The van der Waals surface area contributed by atoms with E-state index in [0.717, 1.165) is 0 Å². The van der Waals surface area contributed by atoms with E-state index in [2.05, 4.69) is 4.98 Å². The van der Waals surface area contributed by atoms with E-state index in [1.54, 1.807) is 18.3 Å². The molecule has 0 aliphatic rings. The zero-order valence-corrected chi connectivity index (χ0v) is 8.23. The van der Waals surface area contributed by atoms with E-state index >= 15 is 0 Å². The van der Waals surface area contributed by atoms with Gasteiger partial charge < -0.3 is 9.84 Å². The molecule has 0 saturated carbocycles. The van der Waals surface area contributed by atoms with Crippen LogP contribution in [0.15, 0.2) is 18.3 Å². The Morgan fingerprint density at radius 3 is 2.71 bits per heavy atom. The van der Waals surface area contributed by atoms with Crippen LogP contribution in [0.5, 0.6) is 5.88 Å². The predicted molar refractivity (Wildman–Crippen MR) is 51.5 cm³/mol. The monoisotopic (exact) mass is 195 g/mol. The molecule has 0 saturated heterocycles. The third-order valence-electron chi connectivity index (χ3n) is 2.08. The fourth-order valence-corrected chi connectivity index (χ4v) is 1.27. The van der Waals surface area contributed by atoms with Crippen LogP contribution >= 0.6 is 0 Å². The summed E-state index contributed by atoms with van der Waals surface area (Å²) in [5.74, 6) is -0.804. The Morgan fingerprint density at radius 2 is 2.36 bits per heavy atom. The molecule has 0 aliphatic carbocycles. The lowest BCUT2D eigenvalue weighted by atomic mass is 9.99. The highest BCUT2D eigenvalue weighted by atomic mass is 16.5. The van der Waals surface area contributed by atoms with Gasteiger partial charge in [0.05, 0.1) is 13.0 Å². The number of carboxylic acid groups (broad SMARTS) is 1. The molecule has 1 atom stereocenters. The minimum Gasteiger partial charge on any atom is -0.481 e. The maximum atomic E-state index is 10.8. The van der Waals surface area contributed by atoms with Crippen molar-refractivity contribution < 1.29 is 14.6 Å². The molecule has 1 heterocycles. The number of ether oxygens (including phenoxy) is 1. The second kappa shape index (κ2) is 4.60. The van der Waals surface area contributed by atoms with Gasteiger partial charge in [-0.2, -0.15) is 0 Å². The predicted octanol–water partition coefficient (Wildman–Crippen LogP) is 1.67. The number of hydrogen-bond donors (Lipinski definition) is 1. The summed E-state index contributed by atoms with van der Waals surface area (Å²) >= 11 is 0. The van der Waals surface area contributed by atoms with Crippen molar-refractivity contribution in [2.45, 2.75) is 19.3 Å². The Hall–Kier alpha value is -1.58. The van der Waals surface area contributed by atoms with Crippen molar-refractivity contribution in [3.05, 3.63) is 23.9 Å². The second-order valence-corrected chi connectivity index (χ2v) is 2.93. The smallest absolute Gasteiger partial charge is 0.311 e. The van der Waals surface area contributed by atoms with Crippen molar-refractivity contribution in [3.63, 3.8) is 0 Å². The van der Waals surface area contributed by atoms with Crippen LogP contribution in [0.2, 0.25) is 0 Å². The minimum absolute atomic E-state index is 0.478. The van der Waals surface area contributed by atoms with Gasteiger partial charge >= 0.3 is 5.97 Å². The average molecular weight is 195 g/mol. The van der Waals surface area contributed by atoms with Crippen molar-refractivity contribution in [1.82, 2.24) is 4.98 Å². The van der Waals surface area contributed by atoms with Crippen molar-refractivity contribution in [3.8, 4) is 5.88 Å². The van der Waals surface area contributed by atoms with Gasteiger partial charge in [-0.15, -0.1) is 0 Å². The molecule has 76 valence electrons. The number of methoxy groups -OCH3 is 1. The number of carboxylic acids is 1. The van der Waals surface area contributed by atoms with Crippen LogP contribution in [-0.4, -0.2) is 23.2 Å². The van der Waals surface area contributed by atoms with E-state index in [9.17, 15) is 4.79 Å². The maximum Gasteiger partial charge on any atom is 0.311 e. The molecule has 0 fully saturated rings. The Bertz CT molecular complexity index is 308. The van der Waals surface area contributed by atoms with Crippen LogP contribution < -0.4 is 4.74 Å². The summed E-state index contributed by atoms with van der Waals surface area (Å²) in [6, 6.07) is 3.40. The van der Waals surface area contributed by atoms with Crippen molar-refractivity contribution in [2.24, 2.45) is 0 Å². The molecular weight excluding hydrogens is 182 g/mol. The first kappa shape index (κ1) is 10.5. The van der Waals surface area contributed by atoms with E-state index in [1.807, 2.05) is 6.92 Å². The molecule has 14 heavy (non-hydrogen) atoms. The number of rotatable bonds is 4. The van der Waals surface area contributed by atoms with E-state index in [4.69, 9.17) is 9.84 Å². The lowest BCUT2D eigenvalue weighted by Crippen LogP contribution is -2.10. The molecule has 1 aromatic heterocycles. The largest absolute Gasteiger partial charge is 0.481 e. The third-order valence-corrected chi connectivity index (χ3v) is 2.08. The lowest BCUT2D eigenvalue weighted by molar-refractivity contribution is -0.138. The van der Waals surface area contributed by atoms with E-state index < -0.39 is 11.9 Å². The van der Waals surface area contributed by atoms with Gasteiger partial charge in [0, 0.05) is 12.3 Å². The summed E-state index contributed by atoms with van der Waals surface area (Å²) in [5, 5.41) is 8.89. The van der Waals surface area contributed by atoms with Crippen LogP contribution in [0.3, 0.4) is 0 Å². The van der Waals surface area contributed by atoms with Gasteiger partial charge in [-0.05, 0) is 12.0 Å². The highest BCUT2D eigenvalue weighted by molar-refractivity contribution is 5.75. The second-order valence-electron chi connectivity index (χ2n) is 2.93. The van der Waals surface area contributed by atoms with E-state index in [1.165, 1.54) is 7.11 Å². The molecule has 1 unspecified atom stereocenters. The Morgan fingerprint density at radius 1 is 1.64 bits per heavy atom. The minimum atomic E-state index is -0.820. The van der Waals surface area contributed by atoms with Crippen molar-refractivity contribution in [2.75, 3.05) is 7.11 Å². The van der Waals surface area contributed by atoms with Crippen LogP contribution in [0, 0.1) is 0 Å². The summed E-state index contributed by atoms with van der Waals surface area (Å²) in [6.45, 7) is 1.84. The van der Waals surface area contributed by atoms with Gasteiger partial charge in [-0.3, -0.25) is 4.79 Å². The molecule has 0 aliphatic heterocycles. The average Bonchev–Trinajstić information content (AvgIpc) is 2.19. The maximum absolute atomic E-state index is 10.8. The zero-order valence-electron chi connectivity index (χ0n) is 8.23. The summed E-state index contributed by atoms with van der Waals surface area (Å²) in [7, 11) is 1.52. The highest BCUT2D eigenvalue weighted by Gasteiger charge is 2.17. The standard InChI is InChI=1S/C10H13NO3/c1-3-8(10(12)13)7-4-5-9(14-2)11-6-7/h4-6,8H,3H2,1-2H3,(H,12,13). The molecule has 0 aromatic carbocycles. The molecule has 4 heteroatoms. The fourth-order valence-electron chi connectivity index (χ4n) is 1.27. The Labute approximate surface area is 82.5 Å². The van der Waals surface area contributed by atoms with Crippen LogP contribution in [0.25, 0.3) is 0 Å². The van der Waals surface area contributed by atoms with Gasteiger partial charge in [0.15, 0.2) is 0 Å². The summed E-state index contributed by atoms with van der Waals surface area (Å²) in [6.07, 6.45) is 2.10. The molecule has 4 nitrogen and oxygen atoms in total. The number of pyridine rings is 1. The fraction of sp³-hybridized carbons (Fsp3) is 0.400. The number of carbonyl (C=O) groups is 1. The molecule has 0 bridgehead atoms. The first-order chi connectivity index (χ1) is 6.69. The summed E-state index contributed by atoms with van der Waals surface area (Å²) in [5.41, 5.74) is 0.709. The molecule has 0 amide bonds. The quantitative estimate of drug-likeness (QED) is 0.793. The van der Waals surface area contributed by atoms with Gasteiger partial charge in [0.25, 0.3) is 0 Å².